The molecule has 0 aromatic rings. The maximum Gasteiger partial charge on any atom is 0.108 e. The van der Waals surface area contributed by atoms with Gasteiger partial charge in [0.05, 0.1) is 0 Å². The summed E-state index contributed by atoms with van der Waals surface area (Å²) in [5.41, 5.74) is 0. The second-order valence-corrected chi connectivity index (χ2v) is 3.51. The van der Waals surface area contributed by atoms with E-state index in [9.17, 15) is 0 Å². The van der Waals surface area contributed by atoms with Gasteiger partial charge in [0.25, 0.3) is 0 Å². The van der Waals surface area contributed by atoms with Crippen LogP contribution in [0, 0.1) is 11.8 Å². The minimum absolute atomic E-state index is 0.371. The third-order valence-corrected chi connectivity index (χ3v) is 2.54. The number of hydrogen-bond acceptors (Lipinski definition) is 1. The van der Waals surface area contributed by atoms with Gasteiger partial charge in [0.15, 0.2) is 0 Å². The summed E-state index contributed by atoms with van der Waals surface area (Å²) in [5, 5.41) is 9.04. The lowest BCUT2D eigenvalue weighted by molar-refractivity contribution is 0.138. The predicted octanol–water partition coefficient (Wildman–Crippen LogP) is 1.30. The Morgan fingerprint density at radius 3 is 2.20 bits per heavy atom. The Morgan fingerprint density at radius 1 is 1.30 bits per heavy atom. The zero-order valence-electron chi connectivity index (χ0n) is 6.59. The maximum absolute atomic E-state index is 9.04. The highest BCUT2D eigenvalue weighted by molar-refractivity contribution is 6.10. The van der Waals surface area contributed by atoms with E-state index in [-0.39, 0.29) is 0 Å². The van der Waals surface area contributed by atoms with Gasteiger partial charge in [0.2, 0.25) is 0 Å². The molecule has 0 spiro atoms. The fourth-order valence-corrected chi connectivity index (χ4v) is 1.63. The van der Waals surface area contributed by atoms with E-state index in [1.54, 1.807) is 0 Å². The second-order valence-electron chi connectivity index (χ2n) is 3.51. The van der Waals surface area contributed by atoms with E-state index < -0.39 is 6.00 Å². The minimum atomic E-state index is -0.576. The number of aliphatic hydroxyl groups excluding tert-OH is 1. The average molecular weight is 138 g/mol. The van der Waals surface area contributed by atoms with Crippen LogP contribution in [0.15, 0.2) is 0 Å². The van der Waals surface area contributed by atoms with E-state index in [4.69, 9.17) is 13.0 Å². The van der Waals surface area contributed by atoms with Gasteiger partial charge in [-0.1, -0.05) is 19.8 Å². The standard InChI is InChI=1S/C8H15BO/c1-6-2-4-7(5-3-6)8(9)10/h6-8,10H,2-5H2,1H3. The summed E-state index contributed by atoms with van der Waals surface area (Å²) >= 11 is 0. The fourth-order valence-electron chi connectivity index (χ4n) is 1.63. The highest BCUT2D eigenvalue weighted by atomic mass is 16.3. The molecule has 1 aliphatic carbocycles. The number of aliphatic hydroxyl groups is 1. The lowest BCUT2D eigenvalue weighted by atomic mass is 9.74. The zero-order valence-corrected chi connectivity index (χ0v) is 6.59. The van der Waals surface area contributed by atoms with Crippen LogP contribution in [0.3, 0.4) is 0 Å². The van der Waals surface area contributed by atoms with E-state index in [1.165, 1.54) is 12.8 Å². The Balaban J connectivity index is 2.26. The van der Waals surface area contributed by atoms with E-state index in [1.807, 2.05) is 0 Å². The normalized spacial score (nSPS) is 37.4. The van der Waals surface area contributed by atoms with Gasteiger partial charge >= 0.3 is 0 Å². The van der Waals surface area contributed by atoms with Gasteiger partial charge in [-0.2, -0.15) is 0 Å². The highest BCUT2D eigenvalue weighted by Crippen LogP contribution is 2.29. The van der Waals surface area contributed by atoms with Crippen molar-refractivity contribution in [2.75, 3.05) is 0 Å². The molecule has 10 heavy (non-hydrogen) atoms. The molecule has 0 aliphatic heterocycles. The molecule has 0 bridgehead atoms. The third kappa shape index (κ3) is 2.01. The maximum atomic E-state index is 9.04. The molecule has 1 fully saturated rings. The Morgan fingerprint density at radius 2 is 1.80 bits per heavy atom. The molecule has 1 aliphatic rings. The minimum Gasteiger partial charge on any atom is -0.403 e. The quantitative estimate of drug-likeness (QED) is 0.541. The van der Waals surface area contributed by atoms with Gasteiger partial charge in [-0.15, -0.1) is 0 Å². The van der Waals surface area contributed by atoms with Crippen LogP contribution >= 0.6 is 0 Å². The Labute approximate surface area is 64.2 Å². The molecule has 2 heteroatoms. The smallest absolute Gasteiger partial charge is 0.108 e. The van der Waals surface area contributed by atoms with Gasteiger partial charge in [-0.05, 0) is 24.7 Å². The number of hydrogen-bond donors (Lipinski definition) is 1. The first kappa shape index (κ1) is 8.12. The summed E-state index contributed by atoms with van der Waals surface area (Å²) < 4.78 is 0. The van der Waals surface area contributed by atoms with Crippen molar-refractivity contribution in [3.63, 3.8) is 0 Å². The van der Waals surface area contributed by atoms with Crippen LogP contribution in [0.2, 0.25) is 0 Å². The first-order chi connectivity index (χ1) is 4.70. The monoisotopic (exact) mass is 138 g/mol. The van der Waals surface area contributed by atoms with Gasteiger partial charge in [-0.25, -0.2) is 0 Å². The molecule has 2 radical (unpaired) electrons. The van der Waals surface area contributed by atoms with E-state index >= 15 is 0 Å². The van der Waals surface area contributed by atoms with Crippen LogP contribution in [0.5, 0.6) is 0 Å². The largest absolute Gasteiger partial charge is 0.403 e. The van der Waals surface area contributed by atoms with E-state index in [0.29, 0.717) is 5.92 Å². The van der Waals surface area contributed by atoms with Crippen molar-refractivity contribution < 1.29 is 5.11 Å². The Hall–Kier alpha value is 0.0249. The molecule has 0 amide bonds. The molecule has 56 valence electrons. The summed E-state index contributed by atoms with van der Waals surface area (Å²) in [6.07, 6.45) is 4.69. The first-order valence-corrected chi connectivity index (χ1v) is 4.14. The highest BCUT2D eigenvalue weighted by Gasteiger charge is 2.20. The summed E-state index contributed by atoms with van der Waals surface area (Å²) in [6, 6.07) is -0.576. The summed E-state index contributed by atoms with van der Waals surface area (Å²) in [6.45, 7) is 2.26. The van der Waals surface area contributed by atoms with E-state index in [0.717, 1.165) is 18.8 Å². The zero-order chi connectivity index (χ0) is 7.56. The molecule has 1 rings (SSSR count). The van der Waals surface area contributed by atoms with Gasteiger partial charge < -0.3 is 5.11 Å². The van der Waals surface area contributed by atoms with Crippen LogP contribution in [-0.2, 0) is 0 Å². The van der Waals surface area contributed by atoms with Crippen LogP contribution in [0.4, 0.5) is 0 Å². The van der Waals surface area contributed by atoms with Crippen molar-refractivity contribution in [3.8, 4) is 0 Å². The van der Waals surface area contributed by atoms with Crippen LogP contribution in [-0.4, -0.2) is 19.0 Å². The van der Waals surface area contributed by atoms with Gasteiger partial charge in [0, 0.05) is 6.00 Å². The van der Waals surface area contributed by atoms with Crippen molar-refractivity contribution in [2.24, 2.45) is 11.8 Å². The van der Waals surface area contributed by atoms with Crippen LogP contribution < -0.4 is 0 Å². The second kappa shape index (κ2) is 3.43. The Bertz CT molecular complexity index is 95.4. The molecule has 1 unspecified atom stereocenters. The molecule has 1 atom stereocenters. The van der Waals surface area contributed by atoms with Crippen molar-refractivity contribution in [3.05, 3.63) is 0 Å². The molecule has 0 heterocycles. The summed E-state index contributed by atoms with van der Waals surface area (Å²) in [5.74, 6) is 1.21. The fraction of sp³-hybridized carbons (Fsp3) is 1.00. The number of rotatable bonds is 1. The van der Waals surface area contributed by atoms with Crippen molar-refractivity contribution >= 4 is 7.85 Å². The van der Waals surface area contributed by atoms with Crippen molar-refractivity contribution in [1.29, 1.82) is 0 Å². The van der Waals surface area contributed by atoms with Gasteiger partial charge in [0.1, 0.15) is 7.85 Å². The van der Waals surface area contributed by atoms with Crippen molar-refractivity contribution in [2.45, 2.75) is 38.6 Å². The SMILES string of the molecule is [B]C(O)C1CCC(C)CC1. The molecular weight excluding hydrogens is 123 g/mol. The third-order valence-electron chi connectivity index (χ3n) is 2.54. The lowest BCUT2D eigenvalue weighted by Gasteiger charge is -2.28. The van der Waals surface area contributed by atoms with Crippen LogP contribution in [0.25, 0.3) is 0 Å². The molecule has 0 saturated heterocycles. The average Bonchev–Trinajstić information content (AvgIpc) is 1.88. The molecule has 1 N–H and O–H groups in total. The molecule has 0 aromatic carbocycles. The summed E-state index contributed by atoms with van der Waals surface area (Å²) in [4.78, 5) is 0. The van der Waals surface area contributed by atoms with Crippen molar-refractivity contribution in [1.82, 2.24) is 0 Å². The topological polar surface area (TPSA) is 20.2 Å². The molecule has 1 nitrogen and oxygen atoms in total. The first-order valence-electron chi connectivity index (χ1n) is 4.14. The molecular formula is C8H15BO. The van der Waals surface area contributed by atoms with E-state index in [2.05, 4.69) is 6.92 Å². The Kier molecular flexibility index (Phi) is 2.78. The predicted molar refractivity (Wildman–Crippen MR) is 42.9 cm³/mol. The molecule has 1 saturated carbocycles. The van der Waals surface area contributed by atoms with Crippen LogP contribution in [0.1, 0.15) is 32.6 Å². The lowest BCUT2D eigenvalue weighted by Crippen LogP contribution is -2.24. The molecule has 0 aromatic heterocycles. The summed E-state index contributed by atoms with van der Waals surface area (Å²) in [7, 11) is 5.37. The van der Waals surface area contributed by atoms with Gasteiger partial charge in [-0.3, -0.25) is 0 Å².